The van der Waals surface area contributed by atoms with E-state index in [0.29, 0.717) is 28.6 Å². The van der Waals surface area contributed by atoms with Crippen molar-refractivity contribution in [3.8, 4) is 28.5 Å². The minimum Gasteiger partial charge on any atom is -0.493 e. The summed E-state index contributed by atoms with van der Waals surface area (Å²) in [6.07, 6.45) is 1.84. The zero-order valence-corrected chi connectivity index (χ0v) is 16.1. The van der Waals surface area contributed by atoms with Gasteiger partial charge in [-0.25, -0.2) is 0 Å². The van der Waals surface area contributed by atoms with E-state index in [2.05, 4.69) is 15.5 Å². The van der Waals surface area contributed by atoms with Gasteiger partial charge in [0.15, 0.2) is 11.5 Å². The Kier molecular flexibility index (Phi) is 4.82. The van der Waals surface area contributed by atoms with E-state index in [0.717, 1.165) is 16.5 Å². The van der Waals surface area contributed by atoms with Gasteiger partial charge in [-0.15, -0.1) is 0 Å². The molecule has 0 unspecified atom stereocenters. The average molecular weight is 393 g/mol. The Bertz CT molecular complexity index is 1150. The van der Waals surface area contributed by atoms with Crippen molar-refractivity contribution in [1.29, 1.82) is 0 Å². The van der Waals surface area contributed by atoms with Crippen LogP contribution in [0.1, 0.15) is 10.6 Å². The van der Waals surface area contributed by atoms with Gasteiger partial charge in [0, 0.05) is 46.5 Å². The largest absolute Gasteiger partial charge is 0.493 e. The minimum absolute atomic E-state index is 0.0824. The van der Waals surface area contributed by atoms with Crippen LogP contribution < -0.4 is 19.5 Å². The fraction of sp³-hybridized carbons (Fsp3) is 0.143. The molecule has 4 aromatic rings. The van der Waals surface area contributed by atoms with Gasteiger partial charge in [0.25, 0.3) is 5.91 Å². The molecule has 0 atom stereocenters. The molecule has 0 fully saturated rings. The normalized spacial score (nSPS) is 10.7. The monoisotopic (exact) mass is 393 g/mol. The van der Waals surface area contributed by atoms with Gasteiger partial charge in [0.05, 0.1) is 21.3 Å². The first kappa shape index (κ1) is 18.4. The zero-order chi connectivity index (χ0) is 20.4. The maximum absolute atomic E-state index is 12.6. The molecule has 0 bridgehead atoms. The number of anilines is 1. The third-order valence-corrected chi connectivity index (χ3v) is 4.52. The van der Waals surface area contributed by atoms with Gasteiger partial charge < -0.3 is 29.0 Å². The van der Waals surface area contributed by atoms with Crippen LogP contribution in [0.15, 0.2) is 53.2 Å². The number of hydrogen-bond donors (Lipinski definition) is 2. The number of aromatic amines is 1. The number of nitrogens with zero attached hydrogens (tertiary/aromatic N) is 1. The molecule has 0 saturated carbocycles. The van der Waals surface area contributed by atoms with Crippen molar-refractivity contribution in [2.24, 2.45) is 0 Å². The fourth-order valence-electron chi connectivity index (χ4n) is 3.14. The van der Waals surface area contributed by atoms with E-state index < -0.39 is 5.91 Å². The highest BCUT2D eigenvalue weighted by molar-refractivity contribution is 6.04. The summed E-state index contributed by atoms with van der Waals surface area (Å²) in [6.45, 7) is 0. The molecule has 8 heteroatoms. The van der Waals surface area contributed by atoms with Gasteiger partial charge in [-0.2, -0.15) is 0 Å². The van der Waals surface area contributed by atoms with Crippen LogP contribution in [-0.2, 0) is 0 Å². The summed E-state index contributed by atoms with van der Waals surface area (Å²) in [5, 5.41) is 7.80. The molecular weight excluding hydrogens is 374 g/mol. The van der Waals surface area contributed by atoms with Crippen LogP contribution >= 0.6 is 0 Å². The van der Waals surface area contributed by atoms with E-state index in [1.54, 1.807) is 18.2 Å². The lowest BCUT2D eigenvalue weighted by Gasteiger charge is -2.14. The Morgan fingerprint density at radius 3 is 2.45 bits per heavy atom. The predicted octanol–water partition coefficient (Wildman–Crippen LogP) is 4.10. The van der Waals surface area contributed by atoms with Crippen LogP contribution in [0.2, 0.25) is 0 Å². The molecule has 0 radical (unpaired) electrons. The number of aromatic nitrogens is 2. The van der Waals surface area contributed by atoms with E-state index in [1.165, 1.54) is 21.3 Å². The van der Waals surface area contributed by atoms with Gasteiger partial charge in [-0.05, 0) is 6.07 Å². The molecule has 1 amide bonds. The second-order valence-electron chi connectivity index (χ2n) is 6.19. The molecular formula is C21H19N3O5. The molecule has 0 aliphatic heterocycles. The average Bonchev–Trinajstić information content (AvgIpc) is 3.40. The van der Waals surface area contributed by atoms with Crippen LogP contribution in [0, 0.1) is 0 Å². The van der Waals surface area contributed by atoms with Crippen molar-refractivity contribution in [1.82, 2.24) is 10.1 Å². The summed E-state index contributed by atoms with van der Waals surface area (Å²) in [4.78, 5) is 15.8. The third-order valence-electron chi connectivity index (χ3n) is 4.52. The van der Waals surface area contributed by atoms with Crippen molar-refractivity contribution in [3.63, 3.8) is 0 Å². The third kappa shape index (κ3) is 3.36. The SMILES string of the molecule is COc1cc(NC(=O)c2cc(-c3c[nH]c4ccccc34)no2)cc(OC)c1OC. The Morgan fingerprint density at radius 1 is 1.03 bits per heavy atom. The van der Waals surface area contributed by atoms with Crippen LogP contribution in [-0.4, -0.2) is 37.4 Å². The Balaban J connectivity index is 1.60. The summed E-state index contributed by atoms with van der Waals surface area (Å²) in [6, 6.07) is 12.7. The van der Waals surface area contributed by atoms with Crippen molar-refractivity contribution in [3.05, 3.63) is 54.4 Å². The first-order valence-electron chi connectivity index (χ1n) is 8.79. The van der Waals surface area contributed by atoms with Crippen LogP contribution in [0.25, 0.3) is 22.2 Å². The molecule has 2 heterocycles. The number of benzene rings is 2. The summed E-state index contributed by atoms with van der Waals surface area (Å²) in [5.74, 6) is 0.935. The molecule has 0 aliphatic rings. The van der Waals surface area contributed by atoms with Crippen molar-refractivity contribution < 1.29 is 23.5 Å². The van der Waals surface area contributed by atoms with Crippen molar-refractivity contribution in [2.75, 3.05) is 26.6 Å². The summed E-state index contributed by atoms with van der Waals surface area (Å²) >= 11 is 0. The Labute approximate surface area is 166 Å². The molecule has 2 aromatic carbocycles. The van der Waals surface area contributed by atoms with Gasteiger partial charge in [-0.1, -0.05) is 23.4 Å². The number of nitrogens with one attached hydrogen (secondary N) is 2. The molecule has 2 N–H and O–H groups in total. The van der Waals surface area contributed by atoms with Gasteiger partial charge in [-0.3, -0.25) is 4.79 Å². The quantitative estimate of drug-likeness (QED) is 0.512. The zero-order valence-electron chi connectivity index (χ0n) is 16.1. The van der Waals surface area contributed by atoms with E-state index in [-0.39, 0.29) is 5.76 Å². The number of H-pyrrole nitrogens is 1. The maximum atomic E-state index is 12.6. The number of amides is 1. The highest BCUT2D eigenvalue weighted by Crippen LogP contribution is 2.40. The first-order valence-corrected chi connectivity index (χ1v) is 8.79. The van der Waals surface area contributed by atoms with Crippen molar-refractivity contribution in [2.45, 2.75) is 0 Å². The van der Waals surface area contributed by atoms with Crippen molar-refractivity contribution >= 4 is 22.5 Å². The predicted molar refractivity (Wildman–Crippen MR) is 108 cm³/mol. The molecule has 0 aliphatic carbocycles. The molecule has 29 heavy (non-hydrogen) atoms. The highest BCUT2D eigenvalue weighted by atomic mass is 16.5. The number of methoxy groups -OCH3 is 3. The van der Waals surface area contributed by atoms with E-state index >= 15 is 0 Å². The molecule has 0 spiro atoms. The summed E-state index contributed by atoms with van der Waals surface area (Å²) in [5.41, 5.74) is 2.87. The topological polar surface area (TPSA) is 98.6 Å². The summed E-state index contributed by atoms with van der Waals surface area (Å²) in [7, 11) is 4.53. The number of carbonyl (C=O) groups excluding carboxylic acids is 1. The summed E-state index contributed by atoms with van der Waals surface area (Å²) < 4.78 is 21.2. The number of rotatable bonds is 6. The number of ether oxygens (including phenoxy) is 3. The maximum Gasteiger partial charge on any atom is 0.294 e. The number of hydrogen-bond acceptors (Lipinski definition) is 6. The van der Waals surface area contributed by atoms with Gasteiger partial charge in [0.2, 0.25) is 11.5 Å². The minimum atomic E-state index is -0.446. The van der Waals surface area contributed by atoms with E-state index in [9.17, 15) is 4.79 Å². The van der Waals surface area contributed by atoms with Crippen LogP contribution in [0.5, 0.6) is 17.2 Å². The fourth-order valence-corrected chi connectivity index (χ4v) is 3.14. The lowest BCUT2D eigenvalue weighted by Crippen LogP contribution is -2.11. The Hall–Kier alpha value is -3.94. The lowest BCUT2D eigenvalue weighted by atomic mass is 10.1. The smallest absolute Gasteiger partial charge is 0.294 e. The highest BCUT2D eigenvalue weighted by Gasteiger charge is 2.19. The number of fused-ring (bicyclic) bond motifs is 1. The Morgan fingerprint density at radius 2 is 1.76 bits per heavy atom. The standard InChI is InChI=1S/C21H19N3O5/c1-26-17-8-12(9-18(27-2)20(17)28-3)23-21(25)19-10-16(24-29-19)14-11-22-15-7-5-4-6-13(14)15/h4-11,22H,1-3H3,(H,23,25). The van der Waals surface area contributed by atoms with E-state index in [4.69, 9.17) is 18.7 Å². The molecule has 0 saturated heterocycles. The lowest BCUT2D eigenvalue weighted by molar-refractivity contribution is 0.0988. The van der Waals surface area contributed by atoms with Gasteiger partial charge >= 0.3 is 0 Å². The second kappa shape index (κ2) is 7.59. The van der Waals surface area contributed by atoms with Crippen LogP contribution in [0.4, 0.5) is 5.69 Å². The van der Waals surface area contributed by atoms with E-state index in [1.807, 2.05) is 30.5 Å². The van der Waals surface area contributed by atoms with Gasteiger partial charge in [0.1, 0.15) is 5.69 Å². The number of para-hydroxylation sites is 1. The number of carbonyl (C=O) groups is 1. The van der Waals surface area contributed by atoms with Crippen LogP contribution in [0.3, 0.4) is 0 Å². The molecule has 2 aromatic heterocycles. The molecule has 148 valence electrons. The molecule has 4 rings (SSSR count). The second-order valence-corrected chi connectivity index (χ2v) is 6.19. The molecule has 8 nitrogen and oxygen atoms in total. The first-order chi connectivity index (χ1) is 14.1.